The Morgan fingerprint density at radius 2 is 1.57 bits per heavy atom. The van der Waals surface area contributed by atoms with Crippen LogP contribution in [0.5, 0.6) is 11.6 Å². The van der Waals surface area contributed by atoms with Gasteiger partial charge in [0.15, 0.2) is 0 Å². The fraction of sp³-hybridized carbons (Fsp3) is 0.130. The van der Waals surface area contributed by atoms with E-state index in [2.05, 4.69) is 31.0 Å². The molecule has 0 radical (unpaired) electrons. The van der Waals surface area contributed by atoms with Gasteiger partial charge in [0, 0.05) is 11.6 Å². The maximum absolute atomic E-state index is 12.5. The van der Waals surface area contributed by atoms with Crippen molar-refractivity contribution < 1.29 is 9.66 Å². The molecular weight excluding hydrogens is 382 g/mol. The highest BCUT2D eigenvalue weighted by Gasteiger charge is 2.26. The van der Waals surface area contributed by atoms with E-state index in [0.717, 1.165) is 9.96 Å². The highest BCUT2D eigenvalue weighted by Crippen LogP contribution is 2.33. The summed E-state index contributed by atoms with van der Waals surface area (Å²) < 4.78 is 6.79. The lowest BCUT2D eigenvalue weighted by molar-refractivity contribution is -0.387. The standard InChI is InChI=1S/C23H19N3O4/c1-23(2,16-8-4-3-5-9-16)17-11-13-18(14-12-17)30-21-20(26(28)29)22(27)25-15-7-6-10-19(25)24-21/h3-15H,1-2H3. The van der Waals surface area contributed by atoms with Gasteiger partial charge in [0.05, 0.1) is 4.92 Å². The lowest BCUT2D eigenvalue weighted by Crippen LogP contribution is -2.19. The van der Waals surface area contributed by atoms with Crippen LogP contribution < -0.4 is 10.3 Å². The molecule has 0 fully saturated rings. The molecule has 0 spiro atoms. The van der Waals surface area contributed by atoms with Crippen molar-refractivity contribution in [3.8, 4) is 11.6 Å². The second-order valence-corrected chi connectivity index (χ2v) is 7.37. The van der Waals surface area contributed by atoms with Crippen LogP contribution in [-0.2, 0) is 5.41 Å². The first-order valence-electron chi connectivity index (χ1n) is 9.37. The summed E-state index contributed by atoms with van der Waals surface area (Å²) in [6, 6.07) is 22.2. The van der Waals surface area contributed by atoms with Gasteiger partial charge in [-0.3, -0.25) is 19.3 Å². The summed E-state index contributed by atoms with van der Waals surface area (Å²) in [5, 5.41) is 11.5. The molecule has 30 heavy (non-hydrogen) atoms. The van der Waals surface area contributed by atoms with E-state index in [1.54, 1.807) is 30.3 Å². The SMILES string of the molecule is CC(C)(c1ccccc1)c1ccc(Oc2nc3ccccn3c(=O)c2[N+](=O)[O-])cc1. The summed E-state index contributed by atoms with van der Waals surface area (Å²) in [5.41, 5.74) is 0.770. The van der Waals surface area contributed by atoms with Gasteiger partial charge in [0.25, 0.3) is 0 Å². The van der Waals surface area contributed by atoms with Gasteiger partial charge in [0.1, 0.15) is 11.4 Å². The minimum atomic E-state index is -0.789. The molecule has 4 aromatic rings. The predicted molar refractivity (Wildman–Crippen MR) is 113 cm³/mol. The lowest BCUT2D eigenvalue weighted by Gasteiger charge is -2.26. The Labute approximate surface area is 172 Å². The van der Waals surface area contributed by atoms with Gasteiger partial charge in [-0.25, -0.2) is 0 Å². The van der Waals surface area contributed by atoms with Gasteiger partial charge in [-0.15, -0.1) is 0 Å². The smallest absolute Gasteiger partial charge is 0.396 e. The monoisotopic (exact) mass is 401 g/mol. The molecular formula is C23H19N3O4. The molecule has 7 nitrogen and oxygen atoms in total. The first-order valence-corrected chi connectivity index (χ1v) is 9.37. The number of fused-ring (bicyclic) bond motifs is 1. The van der Waals surface area contributed by atoms with Crippen LogP contribution in [0, 0.1) is 10.1 Å². The van der Waals surface area contributed by atoms with Crippen LogP contribution in [0.2, 0.25) is 0 Å². The van der Waals surface area contributed by atoms with Crippen molar-refractivity contribution >= 4 is 11.3 Å². The fourth-order valence-electron chi connectivity index (χ4n) is 3.36. The first kappa shape index (κ1) is 19.3. The summed E-state index contributed by atoms with van der Waals surface area (Å²) in [5.74, 6) is 0.0316. The number of nitrogens with zero attached hydrogens (tertiary/aromatic N) is 3. The quantitative estimate of drug-likeness (QED) is 0.357. The molecule has 2 aromatic carbocycles. The Bertz CT molecular complexity index is 1280. The molecule has 0 amide bonds. The van der Waals surface area contributed by atoms with Crippen LogP contribution in [0.4, 0.5) is 5.69 Å². The average Bonchev–Trinajstić information content (AvgIpc) is 2.74. The van der Waals surface area contributed by atoms with Gasteiger partial charge in [-0.05, 0) is 35.4 Å². The Balaban J connectivity index is 1.70. The van der Waals surface area contributed by atoms with E-state index in [9.17, 15) is 14.9 Å². The summed E-state index contributed by atoms with van der Waals surface area (Å²) in [7, 11) is 0. The number of aromatic nitrogens is 2. The highest BCUT2D eigenvalue weighted by molar-refractivity contribution is 5.50. The third-order valence-electron chi connectivity index (χ3n) is 5.15. The molecule has 0 aliphatic heterocycles. The van der Waals surface area contributed by atoms with Crippen LogP contribution in [-0.4, -0.2) is 14.3 Å². The molecule has 0 aliphatic rings. The Hall–Kier alpha value is -4.00. The zero-order valence-electron chi connectivity index (χ0n) is 16.5. The van der Waals surface area contributed by atoms with Crippen LogP contribution in [0.1, 0.15) is 25.0 Å². The maximum atomic E-state index is 12.5. The van der Waals surface area contributed by atoms with E-state index in [-0.39, 0.29) is 16.9 Å². The minimum Gasteiger partial charge on any atom is -0.433 e. The third kappa shape index (κ3) is 3.41. The molecule has 2 aromatic heterocycles. The van der Waals surface area contributed by atoms with E-state index in [1.807, 2.05) is 30.3 Å². The van der Waals surface area contributed by atoms with E-state index >= 15 is 0 Å². The fourth-order valence-corrected chi connectivity index (χ4v) is 3.36. The van der Waals surface area contributed by atoms with Crippen LogP contribution in [0.15, 0.2) is 83.8 Å². The molecule has 0 saturated heterocycles. The molecule has 7 heteroatoms. The van der Waals surface area contributed by atoms with Gasteiger partial charge in [-0.1, -0.05) is 62.4 Å². The van der Waals surface area contributed by atoms with Crippen molar-refractivity contribution in [3.05, 3.63) is 111 Å². The van der Waals surface area contributed by atoms with Gasteiger partial charge in [-0.2, -0.15) is 4.98 Å². The third-order valence-corrected chi connectivity index (χ3v) is 5.15. The number of ether oxygens (including phenoxy) is 1. The average molecular weight is 401 g/mol. The Kier molecular flexibility index (Phi) is 4.79. The zero-order chi connectivity index (χ0) is 21.3. The Morgan fingerprint density at radius 1 is 0.933 bits per heavy atom. The largest absolute Gasteiger partial charge is 0.433 e. The summed E-state index contributed by atoms with van der Waals surface area (Å²) >= 11 is 0. The second kappa shape index (κ2) is 7.44. The predicted octanol–water partition coefficient (Wildman–Crippen LogP) is 4.72. The molecule has 150 valence electrons. The van der Waals surface area contributed by atoms with Crippen molar-refractivity contribution in [2.75, 3.05) is 0 Å². The van der Waals surface area contributed by atoms with Crippen molar-refractivity contribution in [2.24, 2.45) is 0 Å². The lowest BCUT2D eigenvalue weighted by atomic mass is 9.78. The van der Waals surface area contributed by atoms with Gasteiger partial charge in [0.2, 0.25) is 0 Å². The number of nitro groups is 1. The maximum Gasteiger partial charge on any atom is 0.396 e. The summed E-state index contributed by atoms with van der Waals surface area (Å²) in [4.78, 5) is 27.4. The highest BCUT2D eigenvalue weighted by atomic mass is 16.6. The zero-order valence-corrected chi connectivity index (χ0v) is 16.5. The minimum absolute atomic E-state index is 0.230. The molecule has 2 heterocycles. The first-order chi connectivity index (χ1) is 14.4. The van der Waals surface area contributed by atoms with E-state index < -0.39 is 16.2 Å². The van der Waals surface area contributed by atoms with Crippen molar-refractivity contribution in [2.45, 2.75) is 19.3 Å². The second-order valence-electron chi connectivity index (χ2n) is 7.37. The normalized spacial score (nSPS) is 11.4. The van der Waals surface area contributed by atoms with E-state index in [4.69, 9.17) is 4.74 Å². The van der Waals surface area contributed by atoms with Crippen molar-refractivity contribution in [1.82, 2.24) is 9.38 Å². The number of rotatable bonds is 5. The van der Waals surface area contributed by atoms with Gasteiger partial charge < -0.3 is 4.74 Å². The number of pyridine rings is 1. The van der Waals surface area contributed by atoms with Crippen molar-refractivity contribution in [3.63, 3.8) is 0 Å². The van der Waals surface area contributed by atoms with Crippen LogP contribution in [0.25, 0.3) is 5.65 Å². The molecule has 0 saturated carbocycles. The van der Waals surface area contributed by atoms with Crippen molar-refractivity contribution in [1.29, 1.82) is 0 Å². The van der Waals surface area contributed by atoms with E-state index in [1.165, 1.54) is 11.8 Å². The topological polar surface area (TPSA) is 86.7 Å². The Morgan fingerprint density at radius 3 is 2.23 bits per heavy atom. The summed E-state index contributed by atoms with van der Waals surface area (Å²) in [6.45, 7) is 4.24. The molecule has 0 atom stereocenters. The van der Waals surface area contributed by atoms with Crippen LogP contribution >= 0.6 is 0 Å². The molecule has 0 unspecified atom stereocenters. The van der Waals surface area contributed by atoms with E-state index in [0.29, 0.717) is 5.75 Å². The molecule has 0 bridgehead atoms. The number of hydrogen-bond donors (Lipinski definition) is 0. The number of hydrogen-bond acceptors (Lipinski definition) is 5. The van der Waals surface area contributed by atoms with Gasteiger partial charge >= 0.3 is 17.1 Å². The number of benzene rings is 2. The summed E-state index contributed by atoms with van der Waals surface area (Å²) in [6.07, 6.45) is 1.43. The molecule has 0 aliphatic carbocycles. The molecule has 4 rings (SSSR count). The molecule has 0 N–H and O–H groups in total. The van der Waals surface area contributed by atoms with Crippen LogP contribution in [0.3, 0.4) is 0 Å².